The van der Waals surface area contributed by atoms with E-state index in [1.165, 1.54) is 0 Å². The van der Waals surface area contributed by atoms with Crippen LogP contribution in [-0.4, -0.2) is 79.2 Å². The fourth-order valence-electron chi connectivity index (χ4n) is 3.09. The zero-order valence-corrected chi connectivity index (χ0v) is 24.8. The maximum absolute atomic E-state index is 9.35. The summed E-state index contributed by atoms with van der Waals surface area (Å²) in [6, 6.07) is 0.810. The highest BCUT2D eigenvalue weighted by Gasteiger charge is 2.40. The highest BCUT2D eigenvalue weighted by molar-refractivity contribution is 6.86. The second-order valence-electron chi connectivity index (χ2n) is 9.78. The van der Waals surface area contributed by atoms with E-state index in [0.717, 1.165) is 12.5 Å². The first kappa shape index (κ1) is 28.8. The molecule has 170 valence electrons. The van der Waals surface area contributed by atoms with Gasteiger partial charge in [-0.05, 0) is 77.9 Å². The molecule has 0 aliphatic rings. The van der Waals surface area contributed by atoms with Gasteiger partial charge >= 0.3 is 26.4 Å². The molecule has 0 rings (SSSR count). The van der Waals surface area contributed by atoms with Crippen LogP contribution in [0.1, 0.15) is 6.42 Å². The summed E-state index contributed by atoms with van der Waals surface area (Å²) in [5.74, 6) is 0. The van der Waals surface area contributed by atoms with E-state index in [1.807, 2.05) is 0 Å². The summed E-state index contributed by atoms with van der Waals surface area (Å²) in [6.07, 6.45) is -0.0314. The molecular formula is C16H44O7Si5. The number of aliphatic hydroxyl groups is 2. The van der Waals surface area contributed by atoms with Crippen molar-refractivity contribution in [3.63, 3.8) is 0 Å². The molecule has 3 atom stereocenters. The summed E-state index contributed by atoms with van der Waals surface area (Å²) < 4.78 is 31.1. The number of aliphatic hydroxyl groups excluding tert-OH is 2. The van der Waals surface area contributed by atoms with Crippen molar-refractivity contribution in [3.05, 3.63) is 0 Å². The molecule has 0 radical (unpaired) electrons. The van der Waals surface area contributed by atoms with E-state index in [2.05, 4.69) is 65.5 Å². The predicted molar refractivity (Wildman–Crippen MR) is 126 cm³/mol. The summed E-state index contributed by atoms with van der Waals surface area (Å²) in [7, 11) is -9.97. The molecule has 7 nitrogen and oxygen atoms in total. The minimum absolute atomic E-state index is 0.145. The van der Waals surface area contributed by atoms with Crippen LogP contribution >= 0.6 is 0 Å². The Morgan fingerprint density at radius 2 is 1.39 bits per heavy atom. The SMILES string of the molecule is C[SiH](O[Si](C)(C)O[Si](C)(C)C)O[Si](C)(CCCOCC(O)CO)O[Si](C)(C)C. The first-order valence-electron chi connectivity index (χ1n) is 10.1. The van der Waals surface area contributed by atoms with Crippen LogP contribution in [0.15, 0.2) is 0 Å². The van der Waals surface area contributed by atoms with E-state index in [4.69, 9.17) is 26.3 Å². The summed E-state index contributed by atoms with van der Waals surface area (Å²) in [5.41, 5.74) is 0. The number of rotatable bonds is 15. The van der Waals surface area contributed by atoms with Gasteiger partial charge in [0.25, 0.3) is 0 Å². The minimum atomic E-state index is -2.41. The molecule has 0 aliphatic carbocycles. The second-order valence-corrected chi connectivity index (χ2v) is 28.5. The Morgan fingerprint density at radius 3 is 1.86 bits per heavy atom. The lowest BCUT2D eigenvalue weighted by atomic mass is 10.4. The van der Waals surface area contributed by atoms with Crippen molar-refractivity contribution < 1.29 is 31.4 Å². The normalized spacial score (nSPS) is 18.0. The fourth-order valence-corrected chi connectivity index (χ4v) is 23.7. The molecule has 2 N–H and O–H groups in total. The summed E-state index contributed by atoms with van der Waals surface area (Å²) in [5, 5.41) is 18.2. The average Bonchev–Trinajstić information content (AvgIpc) is 2.40. The lowest BCUT2D eigenvalue weighted by molar-refractivity contribution is 0.00624. The number of hydrogen-bond acceptors (Lipinski definition) is 7. The van der Waals surface area contributed by atoms with Gasteiger partial charge in [0.2, 0.25) is 0 Å². The molecule has 12 heteroatoms. The Labute approximate surface area is 178 Å². The van der Waals surface area contributed by atoms with Gasteiger partial charge in [-0.3, -0.25) is 0 Å². The van der Waals surface area contributed by atoms with Gasteiger partial charge in [-0.2, -0.15) is 0 Å². The Bertz CT molecular complexity index is 442. The Balaban J connectivity index is 4.80. The highest BCUT2D eigenvalue weighted by Crippen LogP contribution is 2.24. The van der Waals surface area contributed by atoms with Gasteiger partial charge < -0.3 is 31.4 Å². The van der Waals surface area contributed by atoms with Crippen molar-refractivity contribution in [1.82, 2.24) is 0 Å². The lowest BCUT2D eigenvalue weighted by Gasteiger charge is -2.38. The van der Waals surface area contributed by atoms with Crippen LogP contribution in [0.2, 0.25) is 71.5 Å². The molecule has 3 unspecified atom stereocenters. The van der Waals surface area contributed by atoms with Gasteiger partial charge in [0.05, 0.1) is 13.2 Å². The van der Waals surface area contributed by atoms with Crippen molar-refractivity contribution in [2.75, 3.05) is 19.8 Å². The van der Waals surface area contributed by atoms with Crippen molar-refractivity contribution >= 4 is 43.0 Å². The molecule has 0 spiro atoms. The van der Waals surface area contributed by atoms with E-state index < -0.39 is 49.1 Å². The molecule has 0 fully saturated rings. The number of ether oxygens (including phenoxy) is 1. The summed E-state index contributed by atoms with van der Waals surface area (Å²) in [4.78, 5) is 0. The average molecular weight is 489 g/mol. The highest BCUT2D eigenvalue weighted by atomic mass is 28.5. The monoisotopic (exact) mass is 488 g/mol. The van der Waals surface area contributed by atoms with E-state index in [9.17, 15) is 5.11 Å². The predicted octanol–water partition coefficient (Wildman–Crippen LogP) is 3.11. The van der Waals surface area contributed by atoms with E-state index >= 15 is 0 Å². The van der Waals surface area contributed by atoms with Crippen molar-refractivity contribution in [1.29, 1.82) is 0 Å². The van der Waals surface area contributed by atoms with Crippen molar-refractivity contribution in [3.8, 4) is 0 Å². The van der Waals surface area contributed by atoms with Gasteiger partial charge in [-0.15, -0.1) is 0 Å². The van der Waals surface area contributed by atoms with Gasteiger partial charge in [0.1, 0.15) is 6.10 Å². The topological polar surface area (TPSA) is 86.6 Å². The fraction of sp³-hybridized carbons (Fsp3) is 1.00. The third-order valence-corrected chi connectivity index (χ3v) is 20.2. The quantitative estimate of drug-likeness (QED) is 0.270. The van der Waals surface area contributed by atoms with Crippen LogP contribution in [0, 0.1) is 0 Å². The molecule has 28 heavy (non-hydrogen) atoms. The number of hydrogen-bond donors (Lipinski definition) is 2. The van der Waals surface area contributed by atoms with Crippen LogP contribution in [0.4, 0.5) is 0 Å². The molecule has 0 aromatic rings. The molecular weight excluding hydrogens is 445 g/mol. The standard InChI is InChI=1S/C16H44O7Si5/c1-24(20-27(8,9)22-25(2,3)4)21-28(10,23-26(5,6)7)13-11-12-19-15-16(18)14-17/h16-18,24H,11-15H2,1-10H3. The summed E-state index contributed by atoms with van der Waals surface area (Å²) >= 11 is 0. The molecule has 0 aromatic carbocycles. The van der Waals surface area contributed by atoms with Gasteiger partial charge in [0, 0.05) is 6.61 Å². The maximum atomic E-state index is 9.35. The smallest absolute Gasteiger partial charge is 0.315 e. The Morgan fingerprint density at radius 1 is 0.857 bits per heavy atom. The Kier molecular flexibility index (Phi) is 12.3. The van der Waals surface area contributed by atoms with Crippen LogP contribution in [-0.2, 0) is 21.2 Å². The third kappa shape index (κ3) is 15.6. The third-order valence-electron chi connectivity index (χ3n) is 3.38. The zero-order valence-electron chi connectivity index (χ0n) is 19.6. The molecule has 0 amide bonds. The van der Waals surface area contributed by atoms with E-state index in [-0.39, 0.29) is 13.2 Å². The zero-order chi connectivity index (χ0) is 22.2. The first-order valence-corrected chi connectivity index (χ1v) is 24.3. The van der Waals surface area contributed by atoms with E-state index in [1.54, 1.807) is 0 Å². The van der Waals surface area contributed by atoms with Crippen LogP contribution in [0.3, 0.4) is 0 Å². The van der Waals surface area contributed by atoms with Crippen molar-refractivity contribution in [2.45, 2.75) is 84.0 Å². The Hall–Kier alpha value is 0.804. The minimum Gasteiger partial charge on any atom is -0.437 e. The molecule has 0 heterocycles. The lowest BCUT2D eigenvalue weighted by Crippen LogP contribution is -2.54. The molecule has 0 bridgehead atoms. The maximum Gasteiger partial charge on any atom is 0.315 e. The largest absolute Gasteiger partial charge is 0.437 e. The molecule has 0 saturated heterocycles. The van der Waals surface area contributed by atoms with E-state index in [0.29, 0.717) is 6.61 Å². The molecule has 0 aliphatic heterocycles. The van der Waals surface area contributed by atoms with Gasteiger partial charge in [0.15, 0.2) is 16.6 Å². The van der Waals surface area contributed by atoms with Crippen molar-refractivity contribution in [2.24, 2.45) is 0 Å². The second kappa shape index (κ2) is 12.0. The van der Waals surface area contributed by atoms with Gasteiger partial charge in [-0.25, -0.2) is 0 Å². The molecule has 0 aromatic heterocycles. The van der Waals surface area contributed by atoms with Crippen LogP contribution in [0.25, 0.3) is 0 Å². The first-order chi connectivity index (χ1) is 12.5. The summed E-state index contributed by atoms with van der Waals surface area (Å²) in [6.45, 7) is 21.8. The van der Waals surface area contributed by atoms with Crippen LogP contribution < -0.4 is 0 Å². The van der Waals surface area contributed by atoms with Crippen LogP contribution in [0.5, 0.6) is 0 Å². The van der Waals surface area contributed by atoms with Gasteiger partial charge in [-0.1, -0.05) is 0 Å². The molecule has 0 saturated carbocycles.